The fraction of sp³-hybridized carbons (Fsp3) is 0.636. The maximum Gasteiger partial charge on any atom is 0.222 e. The number of hydrogen-bond donors (Lipinski definition) is 3. The lowest BCUT2D eigenvalue weighted by Gasteiger charge is -2.38. The second-order valence-corrected chi connectivity index (χ2v) is 7.88. The zero-order valence-corrected chi connectivity index (χ0v) is 17.9. The van der Waals surface area contributed by atoms with Gasteiger partial charge in [0.2, 0.25) is 5.91 Å². The molecule has 0 radical (unpaired) electrons. The minimum Gasteiger partial charge on any atom is -0.357 e. The Hall–Kier alpha value is -2.08. The van der Waals surface area contributed by atoms with Crippen LogP contribution in [0, 0.1) is 5.92 Å². The highest BCUT2D eigenvalue weighted by molar-refractivity contribution is 5.80. The van der Waals surface area contributed by atoms with Gasteiger partial charge in [-0.25, -0.2) is 0 Å². The molecule has 1 fully saturated rings. The highest BCUT2D eigenvalue weighted by Crippen LogP contribution is 2.19. The first-order valence-electron chi connectivity index (χ1n) is 10.6. The number of rotatable bonds is 8. The first-order valence-corrected chi connectivity index (χ1v) is 10.6. The summed E-state index contributed by atoms with van der Waals surface area (Å²) in [4.78, 5) is 18.8. The van der Waals surface area contributed by atoms with Gasteiger partial charge in [0.05, 0.1) is 6.54 Å². The number of amides is 1. The SMILES string of the molecule is CCNC(=NCCNC(=O)C(C)C)NC1CCN(Cc2ccccc2)C(C)C1. The van der Waals surface area contributed by atoms with Crippen molar-refractivity contribution in [3.8, 4) is 0 Å². The van der Waals surface area contributed by atoms with Crippen LogP contribution < -0.4 is 16.0 Å². The summed E-state index contributed by atoms with van der Waals surface area (Å²) in [6, 6.07) is 11.6. The third-order valence-corrected chi connectivity index (χ3v) is 5.13. The smallest absolute Gasteiger partial charge is 0.222 e. The van der Waals surface area contributed by atoms with Crippen molar-refractivity contribution in [2.75, 3.05) is 26.2 Å². The van der Waals surface area contributed by atoms with Crippen LogP contribution in [0.25, 0.3) is 0 Å². The van der Waals surface area contributed by atoms with Crippen molar-refractivity contribution < 1.29 is 4.79 Å². The molecule has 0 spiro atoms. The van der Waals surface area contributed by atoms with Gasteiger partial charge in [-0.05, 0) is 32.3 Å². The normalized spacial score (nSPS) is 20.8. The van der Waals surface area contributed by atoms with Crippen LogP contribution in [0.5, 0.6) is 0 Å². The number of hydrogen-bond acceptors (Lipinski definition) is 3. The van der Waals surface area contributed by atoms with Gasteiger partial charge in [-0.3, -0.25) is 14.7 Å². The Labute approximate surface area is 170 Å². The summed E-state index contributed by atoms with van der Waals surface area (Å²) < 4.78 is 0. The second kappa shape index (κ2) is 11.7. The van der Waals surface area contributed by atoms with Gasteiger partial charge in [0.15, 0.2) is 5.96 Å². The van der Waals surface area contributed by atoms with Crippen molar-refractivity contribution in [1.29, 1.82) is 0 Å². The lowest BCUT2D eigenvalue weighted by molar-refractivity contribution is -0.123. The van der Waals surface area contributed by atoms with Crippen LogP contribution in [0.2, 0.25) is 0 Å². The summed E-state index contributed by atoms with van der Waals surface area (Å²) in [5, 5.41) is 9.81. The summed E-state index contributed by atoms with van der Waals surface area (Å²) in [5.41, 5.74) is 1.37. The number of likely N-dealkylation sites (tertiary alicyclic amines) is 1. The Kier molecular flexibility index (Phi) is 9.28. The minimum atomic E-state index is 0.0119. The molecule has 6 nitrogen and oxygen atoms in total. The second-order valence-electron chi connectivity index (χ2n) is 7.88. The molecule has 1 saturated heterocycles. The van der Waals surface area contributed by atoms with Crippen LogP contribution in [-0.4, -0.2) is 55.0 Å². The first kappa shape index (κ1) is 22.2. The summed E-state index contributed by atoms with van der Waals surface area (Å²) in [5.74, 6) is 0.931. The lowest BCUT2D eigenvalue weighted by Crippen LogP contribution is -2.51. The molecular weight excluding hydrogens is 350 g/mol. The highest BCUT2D eigenvalue weighted by atomic mass is 16.1. The molecular formula is C22H37N5O. The molecule has 0 saturated carbocycles. The van der Waals surface area contributed by atoms with E-state index in [1.807, 2.05) is 13.8 Å². The fourth-order valence-electron chi connectivity index (χ4n) is 3.47. The molecule has 0 aromatic heterocycles. The molecule has 28 heavy (non-hydrogen) atoms. The van der Waals surface area contributed by atoms with Crippen molar-refractivity contribution >= 4 is 11.9 Å². The summed E-state index contributed by atoms with van der Waals surface area (Å²) >= 11 is 0. The van der Waals surface area contributed by atoms with Crippen LogP contribution in [-0.2, 0) is 11.3 Å². The number of benzene rings is 1. The van der Waals surface area contributed by atoms with Gasteiger partial charge < -0.3 is 16.0 Å². The lowest BCUT2D eigenvalue weighted by atomic mass is 9.97. The van der Waals surface area contributed by atoms with Gasteiger partial charge in [0, 0.05) is 44.2 Å². The number of guanidine groups is 1. The first-order chi connectivity index (χ1) is 13.5. The van der Waals surface area contributed by atoms with Gasteiger partial charge in [-0.2, -0.15) is 0 Å². The average molecular weight is 388 g/mol. The maximum absolute atomic E-state index is 11.6. The van der Waals surface area contributed by atoms with Crippen LogP contribution in [0.3, 0.4) is 0 Å². The summed E-state index contributed by atoms with van der Waals surface area (Å²) in [7, 11) is 0. The number of carbonyl (C=O) groups is 1. The van der Waals surface area contributed by atoms with E-state index in [2.05, 4.69) is 70.0 Å². The Morgan fingerprint density at radius 1 is 1.25 bits per heavy atom. The monoisotopic (exact) mass is 387 g/mol. The van der Waals surface area contributed by atoms with Gasteiger partial charge in [-0.15, -0.1) is 0 Å². The third-order valence-electron chi connectivity index (χ3n) is 5.13. The molecule has 1 amide bonds. The largest absolute Gasteiger partial charge is 0.357 e. The van der Waals surface area contributed by atoms with Crippen molar-refractivity contribution in [3.05, 3.63) is 35.9 Å². The Balaban J connectivity index is 1.80. The molecule has 2 atom stereocenters. The zero-order chi connectivity index (χ0) is 20.4. The van der Waals surface area contributed by atoms with Crippen molar-refractivity contribution in [2.24, 2.45) is 10.9 Å². The van der Waals surface area contributed by atoms with E-state index in [-0.39, 0.29) is 11.8 Å². The molecule has 2 rings (SSSR count). The molecule has 0 aliphatic carbocycles. The number of carbonyl (C=O) groups excluding carboxylic acids is 1. The molecule has 2 unspecified atom stereocenters. The number of piperidine rings is 1. The predicted octanol–water partition coefficient (Wildman–Crippen LogP) is 2.37. The molecule has 1 aromatic rings. The van der Waals surface area contributed by atoms with Crippen LogP contribution in [0.4, 0.5) is 0 Å². The van der Waals surface area contributed by atoms with Crippen molar-refractivity contribution in [3.63, 3.8) is 0 Å². The number of nitrogens with one attached hydrogen (secondary N) is 3. The van der Waals surface area contributed by atoms with E-state index in [1.54, 1.807) is 0 Å². The Morgan fingerprint density at radius 3 is 2.64 bits per heavy atom. The van der Waals surface area contributed by atoms with Gasteiger partial charge in [0.1, 0.15) is 0 Å². The molecule has 1 aliphatic heterocycles. The van der Waals surface area contributed by atoms with Crippen LogP contribution in [0.15, 0.2) is 35.3 Å². The molecule has 1 aromatic carbocycles. The summed E-state index contributed by atoms with van der Waals surface area (Å²) in [6.07, 6.45) is 2.20. The topological polar surface area (TPSA) is 68.8 Å². The quantitative estimate of drug-likeness (QED) is 0.364. The van der Waals surface area contributed by atoms with E-state index in [4.69, 9.17) is 0 Å². The van der Waals surface area contributed by atoms with Gasteiger partial charge in [-0.1, -0.05) is 44.2 Å². The number of nitrogens with zero attached hydrogens (tertiary/aromatic N) is 2. The standard InChI is InChI=1S/C22H37N5O/c1-5-23-22(25-13-12-24-21(28)17(2)3)26-20-11-14-27(18(4)15-20)16-19-9-7-6-8-10-19/h6-10,17-18,20H,5,11-16H2,1-4H3,(H,24,28)(H2,23,25,26). The van der Waals surface area contributed by atoms with E-state index in [1.165, 1.54) is 5.56 Å². The van der Waals surface area contributed by atoms with E-state index in [0.29, 0.717) is 25.2 Å². The predicted molar refractivity (Wildman–Crippen MR) is 116 cm³/mol. The molecule has 3 N–H and O–H groups in total. The molecule has 1 heterocycles. The number of aliphatic imine (C=N–C) groups is 1. The van der Waals surface area contributed by atoms with E-state index < -0.39 is 0 Å². The van der Waals surface area contributed by atoms with Crippen LogP contribution >= 0.6 is 0 Å². The van der Waals surface area contributed by atoms with Gasteiger partial charge >= 0.3 is 0 Å². The van der Waals surface area contributed by atoms with E-state index >= 15 is 0 Å². The minimum absolute atomic E-state index is 0.0119. The van der Waals surface area contributed by atoms with Crippen LogP contribution in [0.1, 0.15) is 46.1 Å². The van der Waals surface area contributed by atoms with E-state index in [0.717, 1.165) is 38.4 Å². The van der Waals surface area contributed by atoms with Gasteiger partial charge in [0.25, 0.3) is 0 Å². The fourth-order valence-corrected chi connectivity index (χ4v) is 3.47. The molecule has 1 aliphatic rings. The molecule has 156 valence electrons. The highest BCUT2D eigenvalue weighted by Gasteiger charge is 2.25. The van der Waals surface area contributed by atoms with Crippen molar-refractivity contribution in [2.45, 2.75) is 59.2 Å². The van der Waals surface area contributed by atoms with E-state index in [9.17, 15) is 4.79 Å². The third kappa shape index (κ3) is 7.50. The van der Waals surface area contributed by atoms with Crippen molar-refractivity contribution in [1.82, 2.24) is 20.9 Å². The average Bonchev–Trinajstić information content (AvgIpc) is 2.68. The molecule has 6 heteroatoms. The molecule has 0 bridgehead atoms. The Morgan fingerprint density at radius 2 is 2.00 bits per heavy atom. The Bertz CT molecular complexity index is 617. The summed E-state index contributed by atoms with van der Waals surface area (Å²) in [6.45, 7) is 12.2. The maximum atomic E-state index is 11.6. The zero-order valence-electron chi connectivity index (χ0n) is 17.9.